The van der Waals surface area contributed by atoms with E-state index in [0.29, 0.717) is 12.6 Å². The van der Waals surface area contributed by atoms with Crippen LogP contribution < -0.4 is 4.74 Å². The van der Waals surface area contributed by atoms with Gasteiger partial charge in [-0.1, -0.05) is 0 Å². The Morgan fingerprint density at radius 2 is 1.95 bits per heavy atom. The van der Waals surface area contributed by atoms with Crippen molar-refractivity contribution in [2.45, 2.75) is 13.1 Å². The van der Waals surface area contributed by atoms with Gasteiger partial charge in [0.2, 0.25) is 0 Å². The van der Waals surface area contributed by atoms with Crippen LogP contribution in [0.4, 0.5) is 4.39 Å². The van der Waals surface area contributed by atoms with E-state index < -0.39 is 0 Å². The first-order valence-corrected chi connectivity index (χ1v) is 6.94. The summed E-state index contributed by atoms with van der Waals surface area (Å²) in [5, 5.41) is 0.885. The highest BCUT2D eigenvalue weighted by Gasteiger charge is 2.07. The van der Waals surface area contributed by atoms with Crippen LogP contribution in [0.1, 0.15) is 11.3 Å². The molecule has 0 fully saturated rings. The molecule has 0 bridgehead atoms. The second-order valence-corrected chi connectivity index (χ2v) is 5.28. The van der Waals surface area contributed by atoms with Crippen LogP contribution in [0.3, 0.4) is 0 Å². The molecule has 0 saturated carbocycles. The monoisotopic (exact) mass is 300 g/mol. The first-order valence-electron chi connectivity index (χ1n) is 6.94. The summed E-state index contributed by atoms with van der Waals surface area (Å²) in [6.07, 6.45) is 3.51. The minimum absolute atomic E-state index is 0.221. The zero-order chi connectivity index (χ0) is 15.5. The fraction of sp³-hybridized carbons (Fsp3) is 0.250. The maximum absolute atomic E-state index is 13.2. The lowest BCUT2D eigenvalue weighted by molar-refractivity contribution is 0.313. The van der Waals surface area contributed by atoms with Crippen LogP contribution in [0.15, 0.2) is 36.7 Å². The van der Waals surface area contributed by atoms with Gasteiger partial charge in [0, 0.05) is 47.6 Å². The van der Waals surface area contributed by atoms with Gasteiger partial charge in [0.15, 0.2) is 0 Å². The van der Waals surface area contributed by atoms with Crippen LogP contribution >= 0.6 is 0 Å². The first-order chi connectivity index (χ1) is 10.6. The van der Waals surface area contributed by atoms with Crippen molar-refractivity contribution in [3.8, 4) is 6.01 Å². The molecule has 0 spiro atoms. The highest BCUT2D eigenvalue weighted by Crippen LogP contribution is 2.18. The molecule has 0 aliphatic carbocycles. The molecular weight excluding hydrogens is 283 g/mol. The molecule has 2 heterocycles. The number of methoxy groups -OCH3 is 1. The van der Waals surface area contributed by atoms with E-state index in [9.17, 15) is 4.39 Å². The number of benzene rings is 1. The molecule has 2 aromatic heterocycles. The number of H-pyrrole nitrogens is 1. The Bertz CT molecular complexity index is 769. The second kappa shape index (κ2) is 6.11. The SMILES string of the molecule is COc1ncc(CN(C)Cc2cc3cc(F)ccc3[nH]2)cn1. The number of nitrogens with zero attached hydrogens (tertiary/aromatic N) is 3. The molecule has 0 aliphatic heterocycles. The molecule has 22 heavy (non-hydrogen) atoms. The van der Waals surface area contributed by atoms with Crippen molar-refractivity contribution in [3.05, 3.63) is 53.7 Å². The largest absolute Gasteiger partial charge is 0.467 e. The van der Waals surface area contributed by atoms with E-state index in [1.807, 2.05) is 13.1 Å². The van der Waals surface area contributed by atoms with Gasteiger partial charge in [0.25, 0.3) is 0 Å². The Hall–Kier alpha value is -2.47. The van der Waals surface area contributed by atoms with Crippen molar-refractivity contribution in [2.24, 2.45) is 0 Å². The van der Waals surface area contributed by atoms with Gasteiger partial charge in [-0.25, -0.2) is 14.4 Å². The molecule has 1 aromatic carbocycles. The summed E-state index contributed by atoms with van der Waals surface area (Å²) >= 11 is 0. The van der Waals surface area contributed by atoms with E-state index in [1.165, 1.54) is 12.1 Å². The van der Waals surface area contributed by atoms with E-state index in [1.54, 1.807) is 25.6 Å². The molecule has 1 N–H and O–H groups in total. The number of aromatic nitrogens is 3. The van der Waals surface area contributed by atoms with Gasteiger partial charge in [-0.05, 0) is 31.3 Å². The van der Waals surface area contributed by atoms with Crippen molar-refractivity contribution in [3.63, 3.8) is 0 Å². The number of hydrogen-bond donors (Lipinski definition) is 1. The van der Waals surface area contributed by atoms with Crippen LogP contribution in [-0.2, 0) is 13.1 Å². The average Bonchev–Trinajstić information content (AvgIpc) is 2.89. The van der Waals surface area contributed by atoms with E-state index in [4.69, 9.17) is 4.74 Å². The molecule has 114 valence electrons. The summed E-state index contributed by atoms with van der Waals surface area (Å²) in [7, 11) is 3.55. The molecule has 0 radical (unpaired) electrons. The third-order valence-electron chi connectivity index (χ3n) is 3.40. The van der Waals surface area contributed by atoms with Gasteiger partial charge in [0.05, 0.1) is 7.11 Å². The lowest BCUT2D eigenvalue weighted by Gasteiger charge is -2.15. The van der Waals surface area contributed by atoms with Gasteiger partial charge in [-0.3, -0.25) is 4.90 Å². The topological polar surface area (TPSA) is 54.0 Å². The molecule has 0 saturated heterocycles. The maximum Gasteiger partial charge on any atom is 0.316 e. The van der Waals surface area contributed by atoms with E-state index >= 15 is 0 Å². The van der Waals surface area contributed by atoms with Crippen LogP contribution in [-0.4, -0.2) is 34.0 Å². The first kappa shape index (κ1) is 14.5. The minimum atomic E-state index is -0.221. The number of halogens is 1. The average molecular weight is 300 g/mol. The van der Waals surface area contributed by atoms with Crippen molar-refractivity contribution < 1.29 is 9.13 Å². The van der Waals surface area contributed by atoms with Gasteiger partial charge in [0.1, 0.15) is 5.82 Å². The summed E-state index contributed by atoms with van der Waals surface area (Å²) in [4.78, 5) is 13.6. The van der Waals surface area contributed by atoms with Gasteiger partial charge >= 0.3 is 6.01 Å². The summed E-state index contributed by atoms with van der Waals surface area (Å²) in [6, 6.07) is 7.09. The van der Waals surface area contributed by atoms with Crippen LogP contribution in [0.5, 0.6) is 6.01 Å². The number of aromatic amines is 1. The van der Waals surface area contributed by atoms with Crippen molar-refractivity contribution in [2.75, 3.05) is 14.2 Å². The lowest BCUT2D eigenvalue weighted by atomic mass is 10.2. The summed E-state index contributed by atoms with van der Waals surface area (Å²) < 4.78 is 18.2. The van der Waals surface area contributed by atoms with Crippen molar-refractivity contribution >= 4 is 10.9 Å². The second-order valence-electron chi connectivity index (χ2n) is 5.28. The van der Waals surface area contributed by atoms with Crippen molar-refractivity contribution in [1.29, 1.82) is 0 Å². The van der Waals surface area contributed by atoms with Gasteiger partial charge < -0.3 is 9.72 Å². The predicted molar refractivity (Wildman–Crippen MR) is 82.0 cm³/mol. The Morgan fingerprint density at radius 1 is 1.18 bits per heavy atom. The van der Waals surface area contributed by atoms with Crippen LogP contribution in [0.2, 0.25) is 0 Å². The molecule has 5 nitrogen and oxygen atoms in total. The van der Waals surface area contributed by atoms with E-state index in [2.05, 4.69) is 19.9 Å². The standard InChI is InChI=1S/C16H17FN4O/c1-21(9-11-7-18-16(22-2)19-8-11)10-14-6-12-5-13(17)3-4-15(12)20-14/h3-8,20H,9-10H2,1-2H3. The highest BCUT2D eigenvalue weighted by molar-refractivity contribution is 5.80. The summed E-state index contributed by atoms with van der Waals surface area (Å²) in [5.74, 6) is -0.221. The molecule has 0 unspecified atom stereocenters. The third kappa shape index (κ3) is 3.23. The minimum Gasteiger partial charge on any atom is -0.467 e. The molecule has 3 aromatic rings. The van der Waals surface area contributed by atoms with Crippen molar-refractivity contribution in [1.82, 2.24) is 19.9 Å². The molecule has 0 amide bonds. The zero-order valence-electron chi connectivity index (χ0n) is 12.5. The molecule has 0 aliphatic rings. The summed E-state index contributed by atoms with van der Waals surface area (Å²) in [6.45, 7) is 1.44. The summed E-state index contributed by atoms with van der Waals surface area (Å²) in [5.41, 5.74) is 2.99. The predicted octanol–water partition coefficient (Wildman–Crippen LogP) is 2.74. The highest BCUT2D eigenvalue weighted by atomic mass is 19.1. The Balaban J connectivity index is 1.67. The Morgan fingerprint density at radius 3 is 2.68 bits per heavy atom. The molecule has 3 rings (SSSR count). The fourth-order valence-electron chi connectivity index (χ4n) is 2.44. The Labute approximate surface area is 127 Å². The van der Waals surface area contributed by atoms with Gasteiger partial charge in [-0.2, -0.15) is 0 Å². The molecular formula is C16H17FN4O. The molecule has 6 heteroatoms. The number of nitrogens with one attached hydrogen (secondary N) is 1. The van der Waals surface area contributed by atoms with E-state index in [-0.39, 0.29) is 5.82 Å². The van der Waals surface area contributed by atoms with E-state index in [0.717, 1.165) is 28.7 Å². The zero-order valence-corrected chi connectivity index (χ0v) is 12.5. The van der Waals surface area contributed by atoms with Crippen LogP contribution in [0.25, 0.3) is 10.9 Å². The number of rotatable bonds is 5. The smallest absolute Gasteiger partial charge is 0.316 e. The maximum atomic E-state index is 13.2. The fourth-order valence-corrected chi connectivity index (χ4v) is 2.44. The van der Waals surface area contributed by atoms with Crippen LogP contribution in [0, 0.1) is 5.82 Å². The number of ether oxygens (including phenoxy) is 1. The third-order valence-corrected chi connectivity index (χ3v) is 3.40. The Kier molecular flexibility index (Phi) is 4.02. The quantitative estimate of drug-likeness (QED) is 0.787. The lowest BCUT2D eigenvalue weighted by Crippen LogP contribution is -2.17. The number of fused-ring (bicyclic) bond motifs is 1. The number of hydrogen-bond acceptors (Lipinski definition) is 4. The van der Waals surface area contributed by atoms with Gasteiger partial charge in [-0.15, -0.1) is 0 Å². The molecule has 0 atom stereocenters. The normalized spacial score (nSPS) is 11.3.